The van der Waals surface area contributed by atoms with Crippen LogP contribution in [0, 0.1) is 0 Å². The van der Waals surface area contributed by atoms with Crippen LogP contribution in [0.4, 0.5) is 5.69 Å². The highest BCUT2D eigenvalue weighted by atomic mass is 16.7. The number of hydrogen-bond acceptors (Lipinski definition) is 5. The summed E-state index contributed by atoms with van der Waals surface area (Å²) in [7, 11) is 0. The zero-order chi connectivity index (χ0) is 19.3. The zero-order valence-corrected chi connectivity index (χ0v) is 15.1. The molecule has 6 nitrogen and oxygen atoms in total. The van der Waals surface area contributed by atoms with Gasteiger partial charge in [0.05, 0.1) is 0 Å². The molecular weight excluding hydrogens is 356 g/mol. The molecule has 6 heteroatoms. The molecule has 0 saturated heterocycles. The number of anilines is 1. The van der Waals surface area contributed by atoms with E-state index in [1.807, 2.05) is 72.8 Å². The lowest BCUT2D eigenvalue weighted by Gasteiger charge is -2.18. The summed E-state index contributed by atoms with van der Waals surface area (Å²) in [5, 5.41) is 3.20. The quantitative estimate of drug-likeness (QED) is 0.658. The van der Waals surface area contributed by atoms with Gasteiger partial charge < -0.3 is 25.3 Å². The van der Waals surface area contributed by atoms with E-state index >= 15 is 0 Å². The van der Waals surface area contributed by atoms with Crippen LogP contribution in [0.5, 0.6) is 17.2 Å². The molecular formula is C22H20N2O4. The third-order valence-corrected chi connectivity index (χ3v) is 4.40. The average molecular weight is 376 g/mol. The van der Waals surface area contributed by atoms with Crippen LogP contribution in [0.3, 0.4) is 0 Å². The van der Waals surface area contributed by atoms with E-state index < -0.39 is 11.9 Å². The topological polar surface area (TPSA) is 82.8 Å². The van der Waals surface area contributed by atoms with Gasteiger partial charge in [0.15, 0.2) is 11.5 Å². The molecule has 1 unspecified atom stereocenters. The fraction of sp³-hybridized carbons (Fsp3) is 0.136. The minimum absolute atomic E-state index is 0.231. The summed E-state index contributed by atoms with van der Waals surface area (Å²) in [5.41, 5.74) is 8.15. The highest BCUT2D eigenvalue weighted by Crippen LogP contribution is 2.35. The Morgan fingerprint density at radius 2 is 1.82 bits per heavy atom. The van der Waals surface area contributed by atoms with Gasteiger partial charge in [-0.1, -0.05) is 42.5 Å². The number of ether oxygens (including phenoxy) is 3. The van der Waals surface area contributed by atoms with Crippen molar-refractivity contribution in [1.29, 1.82) is 0 Å². The Balaban J connectivity index is 1.44. The molecule has 1 amide bonds. The third kappa shape index (κ3) is 4.01. The molecule has 0 bridgehead atoms. The molecule has 1 atom stereocenters. The van der Waals surface area contributed by atoms with Crippen LogP contribution >= 0.6 is 0 Å². The largest absolute Gasteiger partial charge is 0.489 e. The van der Waals surface area contributed by atoms with E-state index in [4.69, 9.17) is 19.9 Å². The molecule has 3 aromatic carbocycles. The molecule has 0 aromatic heterocycles. The number of nitrogens with one attached hydrogen (secondary N) is 1. The van der Waals surface area contributed by atoms with Crippen LogP contribution in [0.2, 0.25) is 0 Å². The molecule has 0 spiro atoms. The van der Waals surface area contributed by atoms with Crippen LogP contribution in [0.25, 0.3) is 0 Å². The Hall–Kier alpha value is -3.67. The first-order valence-corrected chi connectivity index (χ1v) is 8.91. The molecule has 1 heterocycles. The lowest BCUT2D eigenvalue weighted by Crippen LogP contribution is -2.27. The number of hydrogen-bond donors (Lipinski definition) is 2. The van der Waals surface area contributed by atoms with Gasteiger partial charge in [-0.05, 0) is 35.4 Å². The highest BCUT2D eigenvalue weighted by Gasteiger charge is 2.17. The maximum absolute atomic E-state index is 11.9. The van der Waals surface area contributed by atoms with E-state index in [2.05, 4.69) is 5.32 Å². The number of nitrogens with two attached hydrogens (primary N) is 1. The van der Waals surface area contributed by atoms with Crippen molar-refractivity contribution < 1.29 is 19.0 Å². The number of amides is 1. The maximum Gasteiger partial charge on any atom is 0.244 e. The van der Waals surface area contributed by atoms with Crippen molar-refractivity contribution in [3.63, 3.8) is 0 Å². The number of carbonyl (C=O) groups is 1. The predicted octanol–water partition coefficient (Wildman–Crippen LogP) is 3.63. The smallest absolute Gasteiger partial charge is 0.244 e. The van der Waals surface area contributed by atoms with E-state index in [-0.39, 0.29) is 6.79 Å². The second kappa shape index (κ2) is 7.92. The van der Waals surface area contributed by atoms with Gasteiger partial charge in [0.25, 0.3) is 0 Å². The first kappa shape index (κ1) is 17.7. The molecule has 142 valence electrons. The lowest BCUT2D eigenvalue weighted by molar-refractivity contribution is -0.118. The molecule has 1 aliphatic heterocycles. The highest BCUT2D eigenvalue weighted by molar-refractivity contribution is 5.84. The normalized spacial score (nSPS) is 13.0. The fourth-order valence-electron chi connectivity index (χ4n) is 3.02. The molecule has 4 rings (SSSR count). The SMILES string of the molecule is NC(=O)C(Nc1cccc(COc2ccc3c(c2)OCO3)c1)c1ccccc1. The van der Waals surface area contributed by atoms with Crippen LogP contribution in [-0.4, -0.2) is 12.7 Å². The summed E-state index contributed by atoms with van der Waals surface area (Å²) in [6, 6.07) is 22.0. The Labute approximate surface area is 162 Å². The molecule has 0 aliphatic carbocycles. The summed E-state index contributed by atoms with van der Waals surface area (Å²) < 4.78 is 16.5. The van der Waals surface area contributed by atoms with Gasteiger partial charge in [-0.3, -0.25) is 4.79 Å². The Morgan fingerprint density at radius 1 is 1.00 bits per heavy atom. The molecule has 0 fully saturated rings. The van der Waals surface area contributed by atoms with Crippen molar-refractivity contribution >= 4 is 11.6 Å². The van der Waals surface area contributed by atoms with Crippen LogP contribution in [0.1, 0.15) is 17.2 Å². The van der Waals surface area contributed by atoms with Gasteiger partial charge >= 0.3 is 0 Å². The standard InChI is InChI=1S/C22H20N2O4/c23-22(25)21(16-6-2-1-3-7-16)24-17-8-4-5-15(11-17)13-26-18-9-10-19-20(12-18)28-14-27-19/h1-12,21,24H,13-14H2,(H2,23,25). The second-order valence-electron chi connectivity index (χ2n) is 6.39. The summed E-state index contributed by atoms with van der Waals surface area (Å²) in [6.45, 7) is 0.608. The summed E-state index contributed by atoms with van der Waals surface area (Å²) in [4.78, 5) is 11.9. The van der Waals surface area contributed by atoms with E-state index in [1.165, 1.54) is 0 Å². The van der Waals surface area contributed by atoms with E-state index in [0.29, 0.717) is 18.1 Å². The fourth-order valence-corrected chi connectivity index (χ4v) is 3.02. The summed E-state index contributed by atoms with van der Waals surface area (Å²) >= 11 is 0. The number of carbonyl (C=O) groups excluding carboxylic acids is 1. The first-order valence-electron chi connectivity index (χ1n) is 8.91. The van der Waals surface area contributed by atoms with Gasteiger partial charge in [0.1, 0.15) is 18.4 Å². The van der Waals surface area contributed by atoms with Crippen molar-refractivity contribution in [1.82, 2.24) is 0 Å². The van der Waals surface area contributed by atoms with Gasteiger partial charge in [-0.15, -0.1) is 0 Å². The van der Waals surface area contributed by atoms with Gasteiger partial charge in [0.2, 0.25) is 12.7 Å². The zero-order valence-electron chi connectivity index (χ0n) is 15.1. The Bertz CT molecular complexity index is 975. The molecule has 28 heavy (non-hydrogen) atoms. The lowest BCUT2D eigenvalue weighted by atomic mass is 10.1. The number of rotatable bonds is 7. The van der Waals surface area contributed by atoms with Crippen molar-refractivity contribution in [2.45, 2.75) is 12.6 Å². The average Bonchev–Trinajstić information content (AvgIpc) is 3.19. The van der Waals surface area contributed by atoms with E-state index in [0.717, 1.165) is 22.6 Å². The molecule has 0 radical (unpaired) electrons. The molecule has 3 aromatic rings. The van der Waals surface area contributed by atoms with Crippen LogP contribution in [0.15, 0.2) is 72.8 Å². The molecule has 3 N–H and O–H groups in total. The second-order valence-corrected chi connectivity index (χ2v) is 6.39. The number of primary amides is 1. The number of fused-ring (bicyclic) bond motifs is 1. The van der Waals surface area contributed by atoms with Gasteiger partial charge in [-0.25, -0.2) is 0 Å². The number of benzene rings is 3. The van der Waals surface area contributed by atoms with E-state index in [1.54, 1.807) is 0 Å². The van der Waals surface area contributed by atoms with Gasteiger partial charge in [-0.2, -0.15) is 0 Å². The van der Waals surface area contributed by atoms with Crippen LogP contribution in [-0.2, 0) is 11.4 Å². The van der Waals surface area contributed by atoms with Crippen molar-refractivity contribution in [2.24, 2.45) is 5.73 Å². The third-order valence-electron chi connectivity index (χ3n) is 4.40. The Morgan fingerprint density at radius 3 is 2.64 bits per heavy atom. The molecule has 1 aliphatic rings. The first-order chi connectivity index (χ1) is 13.7. The van der Waals surface area contributed by atoms with Crippen molar-refractivity contribution in [3.05, 3.63) is 83.9 Å². The minimum atomic E-state index is -0.605. The molecule has 0 saturated carbocycles. The maximum atomic E-state index is 11.9. The monoisotopic (exact) mass is 376 g/mol. The van der Waals surface area contributed by atoms with Crippen molar-refractivity contribution in [2.75, 3.05) is 12.1 Å². The summed E-state index contributed by atoms with van der Waals surface area (Å²) in [5.74, 6) is 1.66. The van der Waals surface area contributed by atoms with Crippen molar-refractivity contribution in [3.8, 4) is 17.2 Å². The van der Waals surface area contributed by atoms with E-state index in [9.17, 15) is 4.79 Å². The predicted molar refractivity (Wildman–Crippen MR) is 105 cm³/mol. The minimum Gasteiger partial charge on any atom is -0.489 e. The Kier molecular flexibility index (Phi) is 5.01. The van der Waals surface area contributed by atoms with Crippen LogP contribution < -0.4 is 25.3 Å². The van der Waals surface area contributed by atoms with Gasteiger partial charge in [0, 0.05) is 11.8 Å². The summed E-state index contributed by atoms with van der Waals surface area (Å²) in [6.07, 6.45) is 0.